The minimum absolute atomic E-state index is 0.146. The molecule has 0 unspecified atom stereocenters. The minimum Gasteiger partial charge on any atom is -0.273 e. The summed E-state index contributed by atoms with van der Waals surface area (Å²) >= 11 is 0. The standard InChI is InChI=1S/C10H10N6O2/c1-7(17)16(11)9-13-6-15(10(18)14-9)8-3-2-4-12-5-8/h2-6H,11H2,1H3. The fraction of sp³-hybridized carbons (Fsp3) is 0.100. The Kier molecular flexibility index (Phi) is 3.11. The Labute approximate surface area is 102 Å². The van der Waals surface area contributed by atoms with E-state index in [0.717, 1.165) is 0 Å². The van der Waals surface area contributed by atoms with Crippen LogP contribution < -0.4 is 16.5 Å². The molecule has 0 bridgehead atoms. The summed E-state index contributed by atoms with van der Waals surface area (Å²) in [6, 6.07) is 3.36. The van der Waals surface area contributed by atoms with Crippen LogP contribution in [0.3, 0.4) is 0 Å². The third-order valence-electron chi connectivity index (χ3n) is 2.17. The van der Waals surface area contributed by atoms with Gasteiger partial charge in [-0.05, 0) is 12.1 Å². The van der Waals surface area contributed by atoms with E-state index in [9.17, 15) is 9.59 Å². The number of nitrogens with zero attached hydrogens (tertiary/aromatic N) is 5. The van der Waals surface area contributed by atoms with Gasteiger partial charge < -0.3 is 0 Å². The number of nitrogens with two attached hydrogens (primary N) is 1. The molecule has 0 spiro atoms. The number of hydrogen-bond donors (Lipinski definition) is 1. The average Bonchev–Trinajstić information content (AvgIpc) is 2.38. The summed E-state index contributed by atoms with van der Waals surface area (Å²) in [7, 11) is 0. The normalized spacial score (nSPS) is 10.1. The topological polar surface area (TPSA) is 107 Å². The maximum absolute atomic E-state index is 11.8. The van der Waals surface area contributed by atoms with E-state index in [1.165, 1.54) is 24.0 Å². The van der Waals surface area contributed by atoms with Gasteiger partial charge in [0.2, 0.25) is 5.91 Å². The van der Waals surface area contributed by atoms with E-state index >= 15 is 0 Å². The molecule has 18 heavy (non-hydrogen) atoms. The lowest BCUT2D eigenvalue weighted by Gasteiger charge is -2.11. The second-order valence-electron chi connectivity index (χ2n) is 3.41. The average molecular weight is 246 g/mol. The summed E-state index contributed by atoms with van der Waals surface area (Å²) in [4.78, 5) is 34.1. The number of carbonyl (C=O) groups excluding carboxylic acids is 1. The summed E-state index contributed by atoms with van der Waals surface area (Å²) in [5.41, 5.74) is -0.0647. The predicted octanol–water partition coefficient (Wildman–Crippen LogP) is -0.751. The van der Waals surface area contributed by atoms with Crippen LogP contribution in [0.5, 0.6) is 0 Å². The third-order valence-corrected chi connectivity index (χ3v) is 2.17. The Morgan fingerprint density at radius 1 is 1.50 bits per heavy atom. The van der Waals surface area contributed by atoms with E-state index in [1.54, 1.807) is 18.3 Å². The molecule has 0 saturated heterocycles. The lowest BCUT2D eigenvalue weighted by molar-refractivity contribution is -0.116. The highest BCUT2D eigenvalue weighted by molar-refractivity contribution is 5.88. The van der Waals surface area contributed by atoms with Crippen molar-refractivity contribution in [1.29, 1.82) is 0 Å². The first kappa shape index (κ1) is 11.9. The Bertz CT molecular complexity index is 624. The lowest BCUT2D eigenvalue weighted by atomic mass is 10.4. The molecule has 92 valence electrons. The largest absolute Gasteiger partial charge is 0.356 e. The van der Waals surface area contributed by atoms with E-state index < -0.39 is 11.6 Å². The molecular weight excluding hydrogens is 236 g/mol. The van der Waals surface area contributed by atoms with Crippen molar-refractivity contribution in [2.45, 2.75) is 6.92 Å². The summed E-state index contributed by atoms with van der Waals surface area (Å²) in [6.45, 7) is 1.25. The smallest absolute Gasteiger partial charge is 0.273 e. The zero-order valence-corrected chi connectivity index (χ0v) is 9.52. The van der Waals surface area contributed by atoms with Gasteiger partial charge in [-0.2, -0.15) is 4.98 Å². The molecule has 0 radical (unpaired) electrons. The van der Waals surface area contributed by atoms with Crippen molar-refractivity contribution in [3.8, 4) is 5.69 Å². The molecule has 2 aromatic rings. The van der Waals surface area contributed by atoms with Gasteiger partial charge in [-0.1, -0.05) is 0 Å². The van der Waals surface area contributed by atoms with Crippen LogP contribution in [0.15, 0.2) is 35.6 Å². The van der Waals surface area contributed by atoms with Crippen LogP contribution >= 0.6 is 0 Å². The van der Waals surface area contributed by atoms with Crippen LogP contribution in [-0.4, -0.2) is 25.4 Å². The highest BCUT2D eigenvalue weighted by Crippen LogP contribution is 2.02. The Hall–Kier alpha value is -2.61. The van der Waals surface area contributed by atoms with Gasteiger partial charge >= 0.3 is 5.69 Å². The van der Waals surface area contributed by atoms with Crippen LogP contribution in [0.2, 0.25) is 0 Å². The van der Waals surface area contributed by atoms with E-state index in [-0.39, 0.29) is 5.95 Å². The third kappa shape index (κ3) is 2.23. The van der Waals surface area contributed by atoms with Crippen LogP contribution in [0.4, 0.5) is 5.95 Å². The van der Waals surface area contributed by atoms with E-state index in [2.05, 4.69) is 15.0 Å². The first-order valence-electron chi connectivity index (χ1n) is 5.01. The first-order chi connectivity index (χ1) is 8.59. The first-order valence-corrected chi connectivity index (χ1v) is 5.01. The maximum atomic E-state index is 11.8. The van der Waals surface area contributed by atoms with Crippen molar-refractivity contribution in [3.63, 3.8) is 0 Å². The van der Waals surface area contributed by atoms with Crippen molar-refractivity contribution in [3.05, 3.63) is 41.3 Å². The van der Waals surface area contributed by atoms with E-state index in [0.29, 0.717) is 10.7 Å². The minimum atomic E-state index is -0.593. The molecule has 0 aliphatic carbocycles. The van der Waals surface area contributed by atoms with Crippen molar-refractivity contribution >= 4 is 11.9 Å². The number of hydrogen-bond acceptors (Lipinski definition) is 6. The number of hydrazine groups is 1. The Morgan fingerprint density at radius 2 is 2.28 bits per heavy atom. The lowest BCUT2D eigenvalue weighted by Crippen LogP contribution is -2.39. The van der Waals surface area contributed by atoms with Gasteiger partial charge in [0.25, 0.3) is 5.95 Å². The number of rotatable bonds is 2. The molecule has 1 amide bonds. The molecule has 0 aliphatic heterocycles. The summed E-state index contributed by atoms with van der Waals surface area (Å²) in [6.07, 6.45) is 4.32. The molecule has 0 atom stereocenters. The molecule has 2 N–H and O–H groups in total. The van der Waals surface area contributed by atoms with Gasteiger partial charge in [0, 0.05) is 13.1 Å². The molecule has 2 rings (SSSR count). The molecule has 2 heterocycles. The van der Waals surface area contributed by atoms with E-state index in [1.807, 2.05) is 0 Å². The summed E-state index contributed by atoms with van der Waals surface area (Å²) in [5.74, 6) is 4.78. The summed E-state index contributed by atoms with van der Waals surface area (Å²) < 4.78 is 1.20. The molecule has 0 aromatic carbocycles. The van der Waals surface area contributed by atoms with Crippen molar-refractivity contribution < 1.29 is 4.79 Å². The molecule has 0 saturated carbocycles. The quantitative estimate of drug-likeness (QED) is 0.424. The molecule has 8 heteroatoms. The fourth-order valence-corrected chi connectivity index (χ4v) is 1.26. The number of aromatic nitrogens is 4. The zero-order chi connectivity index (χ0) is 13.1. The van der Waals surface area contributed by atoms with Crippen LogP contribution in [0, 0.1) is 0 Å². The molecule has 8 nitrogen and oxygen atoms in total. The van der Waals surface area contributed by atoms with Gasteiger partial charge in [0.15, 0.2) is 0 Å². The van der Waals surface area contributed by atoms with Crippen molar-refractivity contribution in [2.75, 3.05) is 5.01 Å². The van der Waals surface area contributed by atoms with Gasteiger partial charge in [0.05, 0.1) is 11.9 Å². The second kappa shape index (κ2) is 4.72. The SMILES string of the molecule is CC(=O)N(N)c1ncn(-c2cccnc2)c(=O)n1. The Morgan fingerprint density at radius 3 is 2.83 bits per heavy atom. The predicted molar refractivity (Wildman–Crippen MR) is 62.8 cm³/mol. The van der Waals surface area contributed by atoms with Crippen LogP contribution in [-0.2, 0) is 4.79 Å². The van der Waals surface area contributed by atoms with Crippen LogP contribution in [0.25, 0.3) is 5.69 Å². The monoisotopic (exact) mass is 246 g/mol. The van der Waals surface area contributed by atoms with Gasteiger partial charge in [-0.25, -0.2) is 25.2 Å². The number of pyridine rings is 1. The van der Waals surface area contributed by atoms with Crippen molar-refractivity contribution in [1.82, 2.24) is 19.5 Å². The fourth-order valence-electron chi connectivity index (χ4n) is 1.26. The molecule has 2 aromatic heterocycles. The van der Waals surface area contributed by atoms with Gasteiger partial charge in [-0.15, -0.1) is 0 Å². The Balaban J connectivity index is 2.44. The highest BCUT2D eigenvalue weighted by atomic mass is 16.2. The second-order valence-corrected chi connectivity index (χ2v) is 3.41. The number of amides is 1. The highest BCUT2D eigenvalue weighted by Gasteiger charge is 2.11. The molecule has 0 fully saturated rings. The van der Waals surface area contributed by atoms with Gasteiger partial charge in [-0.3, -0.25) is 9.78 Å². The van der Waals surface area contributed by atoms with Crippen LogP contribution in [0.1, 0.15) is 6.92 Å². The molecule has 0 aliphatic rings. The maximum Gasteiger partial charge on any atom is 0.356 e. The summed E-state index contributed by atoms with van der Waals surface area (Å²) in [5, 5.41) is 0.703. The number of carbonyl (C=O) groups is 1. The van der Waals surface area contributed by atoms with Crippen molar-refractivity contribution in [2.24, 2.45) is 5.84 Å². The van der Waals surface area contributed by atoms with Gasteiger partial charge in [0.1, 0.15) is 6.33 Å². The molecular formula is C10H10N6O2. The van der Waals surface area contributed by atoms with E-state index in [4.69, 9.17) is 5.84 Å². The zero-order valence-electron chi connectivity index (χ0n) is 9.52. The number of anilines is 1.